The molecule has 0 bridgehead atoms. The van der Waals surface area contributed by atoms with E-state index in [1.54, 1.807) is 0 Å². The van der Waals surface area contributed by atoms with Crippen molar-refractivity contribution in [2.75, 3.05) is 0 Å². The summed E-state index contributed by atoms with van der Waals surface area (Å²) in [5, 5.41) is 4.18. The molecule has 0 atom stereocenters. The highest BCUT2D eigenvalue weighted by Crippen LogP contribution is 2.03. The summed E-state index contributed by atoms with van der Waals surface area (Å²) in [5.74, 6) is 0. The van der Waals surface area contributed by atoms with E-state index in [1.807, 2.05) is 10.9 Å². The highest BCUT2D eigenvalue weighted by atomic mass is 15.3. The van der Waals surface area contributed by atoms with Gasteiger partial charge in [-0.25, -0.2) is 0 Å². The Bertz CT molecular complexity index is 193. The first-order valence-corrected chi connectivity index (χ1v) is 3.60. The van der Waals surface area contributed by atoms with Crippen LogP contribution in [-0.4, -0.2) is 9.78 Å². The molecule has 0 amide bonds. The highest BCUT2D eigenvalue weighted by molar-refractivity contribution is 5.14. The second-order valence-electron chi connectivity index (χ2n) is 2.32. The fourth-order valence-corrected chi connectivity index (χ4v) is 1.05. The monoisotopic (exact) mass is 140 g/mol. The molecular weight excluding hydrogens is 126 g/mol. The lowest BCUT2D eigenvalue weighted by Gasteiger charge is -1.97. The molecule has 0 saturated heterocycles. The van der Waals surface area contributed by atoms with Gasteiger partial charge in [0.2, 0.25) is 0 Å². The minimum atomic E-state index is 0.839. The van der Waals surface area contributed by atoms with Crippen LogP contribution >= 0.6 is 0 Å². The first-order valence-electron chi connectivity index (χ1n) is 3.60. The zero-order chi connectivity index (χ0) is 7.56. The second kappa shape index (κ2) is 2.84. The lowest BCUT2D eigenvalue weighted by molar-refractivity contribution is -0.386. The molecule has 0 fully saturated rings. The van der Waals surface area contributed by atoms with E-state index in [-0.39, 0.29) is 0 Å². The van der Waals surface area contributed by atoms with Crippen molar-refractivity contribution >= 4 is 0 Å². The fraction of sp³-hybridized carbons (Fsp3) is 0.571. The van der Waals surface area contributed by atoms with Crippen LogP contribution in [0.15, 0.2) is 6.20 Å². The van der Waals surface area contributed by atoms with Gasteiger partial charge < -0.3 is 5.73 Å². The van der Waals surface area contributed by atoms with Gasteiger partial charge in [0, 0.05) is 17.8 Å². The molecule has 0 aromatic carbocycles. The van der Waals surface area contributed by atoms with Crippen LogP contribution in [-0.2, 0) is 13.1 Å². The second-order valence-corrected chi connectivity index (χ2v) is 2.32. The Morgan fingerprint density at radius 3 is 2.70 bits per heavy atom. The van der Waals surface area contributed by atoms with E-state index in [2.05, 4.69) is 24.7 Å². The van der Waals surface area contributed by atoms with Gasteiger partial charge in [-0.15, -0.1) is 0 Å². The zero-order valence-electron chi connectivity index (χ0n) is 6.59. The topological polar surface area (TPSA) is 45.5 Å². The predicted molar refractivity (Wildman–Crippen MR) is 39.2 cm³/mol. The lowest BCUT2D eigenvalue weighted by Crippen LogP contribution is -2.47. The van der Waals surface area contributed by atoms with E-state index in [4.69, 9.17) is 0 Å². The summed E-state index contributed by atoms with van der Waals surface area (Å²) in [6, 6.07) is 0. The summed E-state index contributed by atoms with van der Waals surface area (Å²) in [6.07, 6.45) is 1.89. The van der Waals surface area contributed by atoms with Crippen molar-refractivity contribution in [2.45, 2.75) is 26.9 Å². The smallest absolute Gasteiger partial charge is 0.103 e. The van der Waals surface area contributed by atoms with Gasteiger partial charge in [0.15, 0.2) is 0 Å². The maximum absolute atomic E-state index is 4.18. The lowest BCUT2D eigenvalue weighted by atomic mass is 10.3. The third-order valence-corrected chi connectivity index (χ3v) is 1.77. The quantitative estimate of drug-likeness (QED) is 0.615. The van der Waals surface area contributed by atoms with Crippen molar-refractivity contribution in [1.82, 2.24) is 9.78 Å². The molecule has 0 aliphatic carbocycles. The van der Waals surface area contributed by atoms with Crippen LogP contribution in [0.5, 0.6) is 0 Å². The summed E-state index contributed by atoms with van der Waals surface area (Å²) >= 11 is 0. The van der Waals surface area contributed by atoms with E-state index >= 15 is 0 Å². The number of nitrogens with zero attached hydrogens (tertiary/aromatic N) is 2. The van der Waals surface area contributed by atoms with Gasteiger partial charge >= 0.3 is 0 Å². The normalized spacial score (nSPS) is 10.3. The number of aryl methyl sites for hydroxylation is 1. The standard InChI is InChI=1S/C7H13N3/c1-3-10-6(2)7(4-8)5-9-10/h5H,3-4,8H2,1-2H3/p+1. The predicted octanol–water partition coefficient (Wildman–Crippen LogP) is -0.0467. The third kappa shape index (κ3) is 1.04. The molecule has 1 aromatic heterocycles. The van der Waals surface area contributed by atoms with Crippen LogP contribution in [0.3, 0.4) is 0 Å². The first-order chi connectivity index (χ1) is 4.79. The number of aromatic nitrogens is 2. The number of rotatable bonds is 2. The minimum absolute atomic E-state index is 0.839. The van der Waals surface area contributed by atoms with Gasteiger partial charge in [-0.1, -0.05) is 0 Å². The van der Waals surface area contributed by atoms with Crippen molar-refractivity contribution in [1.29, 1.82) is 0 Å². The van der Waals surface area contributed by atoms with E-state index in [0.717, 1.165) is 13.1 Å². The Labute approximate surface area is 60.8 Å². The van der Waals surface area contributed by atoms with Crippen molar-refractivity contribution in [3.05, 3.63) is 17.5 Å². The van der Waals surface area contributed by atoms with Crippen LogP contribution in [0, 0.1) is 6.92 Å². The molecule has 3 heteroatoms. The molecule has 0 unspecified atom stereocenters. The van der Waals surface area contributed by atoms with Gasteiger partial charge in [-0.05, 0) is 13.8 Å². The van der Waals surface area contributed by atoms with Gasteiger partial charge in [0.25, 0.3) is 0 Å². The Kier molecular flexibility index (Phi) is 2.06. The summed E-state index contributed by atoms with van der Waals surface area (Å²) in [7, 11) is 0. The molecule has 0 radical (unpaired) electrons. The molecule has 1 heterocycles. The Morgan fingerprint density at radius 2 is 2.40 bits per heavy atom. The highest BCUT2D eigenvalue weighted by Gasteiger charge is 2.02. The van der Waals surface area contributed by atoms with E-state index < -0.39 is 0 Å². The summed E-state index contributed by atoms with van der Waals surface area (Å²) < 4.78 is 1.99. The van der Waals surface area contributed by atoms with Gasteiger partial charge in [0.1, 0.15) is 6.54 Å². The summed E-state index contributed by atoms with van der Waals surface area (Å²) in [5.41, 5.74) is 6.31. The molecule has 0 aliphatic rings. The molecule has 3 nitrogen and oxygen atoms in total. The maximum Gasteiger partial charge on any atom is 0.103 e. The molecule has 1 aromatic rings. The van der Waals surface area contributed by atoms with E-state index in [1.165, 1.54) is 11.3 Å². The number of hydrogen-bond donors (Lipinski definition) is 1. The molecule has 10 heavy (non-hydrogen) atoms. The van der Waals surface area contributed by atoms with Gasteiger partial charge in [0.05, 0.1) is 6.20 Å². The van der Waals surface area contributed by atoms with Crippen LogP contribution in [0.2, 0.25) is 0 Å². The average molecular weight is 140 g/mol. The Balaban J connectivity index is 2.97. The SMILES string of the molecule is CCn1ncc(C[NH3+])c1C. The molecule has 0 aliphatic heterocycles. The summed E-state index contributed by atoms with van der Waals surface area (Å²) in [6.45, 7) is 5.96. The Morgan fingerprint density at radius 1 is 1.70 bits per heavy atom. The van der Waals surface area contributed by atoms with Crippen LogP contribution in [0.1, 0.15) is 18.2 Å². The minimum Gasteiger partial charge on any atom is -0.354 e. The van der Waals surface area contributed by atoms with Crippen molar-refractivity contribution in [3.63, 3.8) is 0 Å². The third-order valence-electron chi connectivity index (χ3n) is 1.77. The van der Waals surface area contributed by atoms with Crippen molar-refractivity contribution < 1.29 is 5.73 Å². The first kappa shape index (κ1) is 7.28. The van der Waals surface area contributed by atoms with E-state index in [0.29, 0.717) is 0 Å². The maximum atomic E-state index is 4.18. The molecular formula is C7H14N3+. The molecule has 1 rings (SSSR count). The molecule has 0 spiro atoms. The zero-order valence-corrected chi connectivity index (χ0v) is 6.59. The number of quaternary nitrogens is 1. The Hall–Kier alpha value is -0.830. The average Bonchev–Trinajstić information content (AvgIpc) is 2.30. The van der Waals surface area contributed by atoms with Crippen LogP contribution < -0.4 is 5.73 Å². The molecule has 0 saturated carbocycles. The van der Waals surface area contributed by atoms with Crippen molar-refractivity contribution in [2.24, 2.45) is 0 Å². The van der Waals surface area contributed by atoms with Crippen molar-refractivity contribution in [3.8, 4) is 0 Å². The number of hydrogen-bond acceptors (Lipinski definition) is 1. The van der Waals surface area contributed by atoms with Crippen LogP contribution in [0.25, 0.3) is 0 Å². The van der Waals surface area contributed by atoms with Gasteiger partial charge in [-0.2, -0.15) is 5.10 Å². The largest absolute Gasteiger partial charge is 0.354 e. The summed E-state index contributed by atoms with van der Waals surface area (Å²) in [4.78, 5) is 0. The van der Waals surface area contributed by atoms with Gasteiger partial charge in [-0.3, -0.25) is 4.68 Å². The van der Waals surface area contributed by atoms with Crippen LogP contribution in [0.4, 0.5) is 0 Å². The molecule has 3 N–H and O–H groups in total. The molecule has 56 valence electrons. The van der Waals surface area contributed by atoms with E-state index in [9.17, 15) is 0 Å². The fourth-order valence-electron chi connectivity index (χ4n) is 1.05.